The van der Waals surface area contributed by atoms with Gasteiger partial charge in [-0.05, 0) is 44.4 Å². The van der Waals surface area contributed by atoms with E-state index in [1.165, 1.54) is 25.5 Å². The Bertz CT molecular complexity index is 580. The number of hydrogen-bond acceptors (Lipinski definition) is 3. The molecule has 2 N–H and O–H groups in total. The Morgan fingerprint density at radius 1 is 1.36 bits per heavy atom. The Balaban J connectivity index is 1.46. The van der Waals surface area contributed by atoms with Crippen LogP contribution in [0, 0.1) is 5.82 Å². The zero-order chi connectivity index (χ0) is 17.5. The molecule has 0 bridgehead atoms. The van der Waals surface area contributed by atoms with Crippen LogP contribution in [0.1, 0.15) is 25.3 Å². The quantitative estimate of drug-likeness (QED) is 0.608. The van der Waals surface area contributed by atoms with Crippen LogP contribution in [0.5, 0.6) is 0 Å². The molecule has 1 aromatic carbocycles. The molecule has 0 saturated carbocycles. The first-order valence-electron chi connectivity index (χ1n) is 9.37. The number of aliphatic imine (C=N–C) groups is 1. The second-order valence-corrected chi connectivity index (χ2v) is 6.73. The van der Waals surface area contributed by atoms with Crippen molar-refractivity contribution in [2.75, 3.05) is 39.3 Å². The van der Waals surface area contributed by atoms with Crippen molar-refractivity contribution in [2.24, 2.45) is 4.99 Å². The molecule has 3 rings (SSSR count). The standard InChI is InChI=1S/C19H29FN4O/c1-2-21-19(22-10-9-15-6-3-4-8-18(15)20)23-12-17-13-24-11-5-7-16(24)14-25-17/h3-4,6,8,16-17H,2,5,7,9-14H2,1H3,(H2,21,22,23). The van der Waals surface area contributed by atoms with E-state index in [0.717, 1.165) is 31.2 Å². The molecular formula is C19H29FN4O. The van der Waals surface area contributed by atoms with Gasteiger partial charge in [-0.25, -0.2) is 4.39 Å². The highest BCUT2D eigenvalue weighted by atomic mass is 19.1. The maximum atomic E-state index is 13.7. The molecule has 0 aliphatic carbocycles. The number of halogens is 1. The lowest BCUT2D eigenvalue weighted by Gasteiger charge is -2.34. The van der Waals surface area contributed by atoms with Crippen molar-refractivity contribution in [2.45, 2.75) is 38.3 Å². The Labute approximate surface area is 149 Å². The van der Waals surface area contributed by atoms with Crippen molar-refractivity contribution in [3.05, 3.63) is 35.6 Å². The van der Waals surface area contributed by atoms with Gasteiger partial charge in [0.05, 0.1) is 19.3 Å². The second-order valence-electron chi connectivity index (χ2n) is 6.73. The van der Waals surface area contributed by atoms with Crippen molar-refractivity contribution in [3.63, 3.8) is 0 Å². The number of benzene rings is 1. The summed E-state index contributed by atoms with van der Waals surface area (Å²) in [6, 6.07) is 7.52. The van der Waals surface area contributed by atoms with Gasteiger partial charge in [0.25, 0.3) is 0 Å². The number of nitrogens with one attached hydrogen (secondary N) is 2. The molecular weight excluding hydrogens is 319 g/mol. The summed E-state index contributed by atoms with van der Waals surface area (Å²) < 4.78 is 19.6. The Morgan fingerprint density at radius 2 is 2.24 bits per heavy atom. The van der Waals surface area contributed by atoms with Gasteiger partial charge < -0.3 is 15.4 Å². The Hall–Kier alpha value is -1.66. The van der Waals surface area contributed by atoms with E-state index >= 15 is 0 Å². The van der Waals surface area contributed by atoms with Crippen molar-refractivity contribution in [1.29, 1.82) is 0 Å². The van der Waals surface area contributed by atoms with Gasteiger partial charge in [-0.1, -0.05) is 18.2 Å². The van der Waals surface area contributed by atoms with Crippen LogP contribution in [0.3, 0.4) is 0 Å². The van der Waals surface area contributed by atoms with Crippen molar-refractivity contribution < 1.29 is 9.13 Å². The summed E-state index contributed by atoms with van der Waals surface area (Å²) in [5.41, 5.74) is 0.724. The molecule has 0 amide bonds. The van der Waals surface area contributed by atoms with Gasteiger partial charge in [-0.15, -0.1) is 0 Å². The lowest BCUT2D eigenvalue weighted by Crippen LogP contribution is -2.47. The molecule has 6 heteroatoms. The van der Waals surface area contributed by atoms with Crippen LogP contribution in [-0.2, 0) is 11.2 Å². The van der Waals surface area contributed by atoms with E-state index in [2.05, 4.69) is 20.5 Å². The van der Waals surface area contributed by atoms with E-state index in [1.54, 1.807) is 6.07 Å². The third-order valence-electron chi connectivity index (χ3n) is 4.90. The summed E-state index contributed by atoms with van der Waals surface area (Å²) in [5, 5.41) is 6.53. The third kappa shape index (κ3) is 5.16. The van der Waals surface area contributed by atoms with Crippen molar-refractivity contribution in [1.82, 2.24) is 15.5 Å². The summed E-state index contributed by atoms with van der Waals surface area (Å²) >= 11 is 0. The van der Waals surface area contributed by atoms with E-state index in [4.69, 9.17) is 4.74 Å². The zero-order valence-corrected chi connectivity index (χ0v) is 15.0. The smallest absolute Gasteiger partial charge is 0.191 e. The molecule has 2 saturated heterocycles. The maximum Gasteiger partial charge on any atom is 0.191 e. The Kier molecular flexibility index (Phi) is 6.64. The third-order valence-corrected chi connectivity index (χ3v) is 4.90. The highest BCUT2D eigenvalue weighted by molar-refractivity contribution is 5.79. The number of morpholine rings is 1. The predicted molar refractivity (Wildman–Crippen MR) is 98.4 cm³/mol. The first kappa shape index (κ1) is 18.1. The molecule has 2 atom stereocenters. The predicted octanol–water partition coefficient (Wildman–Crippen LogP) is 1.79. The number of guanidine groups is 1. The van der Waals surface area contributed by atoms with Crippen LogP contribution in [-0.4, -0.2) is 62.3 Å². The van der Waals surface area contributed by atoms with E-state index in [1.807, 2.05) is 19.1 Å². The normalized spacial score (nSPS) is 24.2. The minimum absolute atomic E-state index is 0.151. The lowest BCUT2D eigenvalue weighted by atomic mass is 10.1. The van der Waals surface area contributed by atoms with Crippen LogP contribution in [0.25, 0.3) is 0 Å². The number of hydrogen-bond donors (Lipinski definition) is 2. The number of rotatable bonds is 6. The van der Waals surface area contributed by atoms with Gasteiger partial charge >= 0.3 is 0 Å². The van der Waals surface area contributed by atoms with E-state index < -0.39 is 0 Å². The fourth-order valence-electron chi connectivity index (χ4n) is 3.55. The van der Waals surface area contributed by atoms with Gasteiger partial charge in [-0.3, -0.25) is 9.89 Å². The molecule has 0 spiro atoms. The molecule has 25 heavy (non-hydrogen) atoms. The highest BCUT2D eigenvalue weighted by Gasteiger charge is 2.31. The fraction of sp³-hybridized carbons (Fsp3) is 0.632. The van der Waals surface area contributed by atoms with Crippen molar-refractivity contribution in [3.8, 4) is 0 Å². The second kappa shape index (κ2) is 9.15. The average Bonchev–Trinajstić information content (AvgIpc) is 3.09. The van der Waals surface area contributed by atoms with E-state index in [-0.39, 0.29) is 11.9 Å². The van der Waals surface area contributed by atoms with Crippen LogP contribution >= 0.6 is 0 Å². The molecule has 138 valence electrons. The molecule has 5 nitrogen and oxygen atoms in total. The van der Waals surface area contributed by atoms with Gasteiger partial charge in [0.2, 0.25) is 0 Å². The minimum atomic E-state index is -0.151. The minimum Gasteiger partial charge on any atom is -0.373 e. The summed E-state index contributed by atoms with van der Waals surface area (Å²) in [4.78, 5) is 7.18. The average molecular weight is 348 g/mol. The molecule has 2 aliphatic rings. The summed E-state index contributed by atoms with van der Waals surface area (Å²) in [6.07, 6.45) is 3.34. The van der Waals surface area contributed by atoms with Gasteiger partial charge in [0, 0.05) is 25.7 Å². The molecule has 2 unspecified atom stereocenters. The van der Waals surface area contributed by atoms with Crippen LogP contribution in [0.2, 0.25) is 0 Å². The lowest BCUT2D eigenvalue weighted by molar-refractivity contribution is -0.0432. The maximum absolute atomic E-state index is 13.7. The van der Waals surface area contributed by atoms with Gasteiger partial charge in [0.15, 0.2) is 5.96 Å². The molecule has 2 fully saturated rings. The SMILES string of the molecule is CCNC(=NCC1CN2CCCC2CO1)NCCc1ccccc1F. The zero-order valence-electron chi connectivity index (χ0n) is 15.0. The van der Waals surface area contributed by atoms with Crippen LogP contribution in [0.4, 0.5) is 4.39 Å². The number of nitrogens with zero attached hydrogens (tertiary/aromatic N) is 2. The highest BCUT2D eigenvalue weighted by Crippen LogP contribution is 2.22. The number of ether oxygens (including phenoxy) is 1. The summed E-state index contributed by atoms with van der Waals surface area (Å²) in [5.74, 6) is 0.619. The molecule has 0 radical (unpaired) electrons. The van der Waals surface area contributed by atoms with Gasteiger partial charge in [-0.2, -0.15) is 0 Å². The fourth-order valence-corrected chi connectivity index (χ4v) is 3.55. The Morgan fingerprint density at radius 3 is 3.08 bits per heavy atom. The summed E-state index contributed by atoms with van der Waals surface area (Å²) in [7, 11) is 0. The van der Waals surface area contributed by atoms with E-state index in [0.29, 0.717) is 25.6 Å². The van der Waals surface area contributed by atoms with Gasteiger partial charge in [0.1, 0.15) is 5.82 Å². The van der Waals surface area contributed by atoms with Crippen LogP contribution < -0.4 is 10.6 Å². The monoisotopic (exact) mass is 348 g/mol. The largest absolute Gasteiger partial charge is 0.373 e. The molecule has 2 heterocycles. The first-order chi connectivity index (χ1) is 12.3. The summed E-state index contributed by atoms with van der Waals surface area (Å²) in [6.45, 7) is 7.13. The first-order valence-corrected chi connectivity index (χ1v) is 9.37. The number of fused-ring (bicyclic) bond motifs is 1. The van der Waals surface area contributed by atoms with E-state index in [9.17, 15) is 4.39 Å². The molecule has 2 aliphatic heterocycles. The molecule has 0 aromatic heterocycles. The topological polar surface area (TPSA) is 48.9 Å². The van der Waals surface area contributed by atoms with Crippen LogP contribution in [0.15, 0.2) is 29.3 Å². The van der Waals surface area contributed by atoms with Crippen molar-refractivity contribution >= 4 is 5.96 Å². The molecule has 1 aromatic rings.